The van der Waals surface area contributed by atoms with Crippen molar-refractivity contribution in [2.24, 2.45) is 0 Å². The van der Waals surface area contributed by atoms with E-state index in [0.717, 1.165) is 25.7 Å². The van der Waals surface area contributed by atoms with Gasteiger partial charge in [0.1, 0.15) is 0 Å². The number of hydrogen-bond acceptors (Lipinski definition) is 2. The highest BCUT2D eigenvalue weighted by atomic mass is 32.2. The lowest BCUT2D eigenvalue weighted by Crippen LogP contribution is -2.30. The van der Waals surface area contributed by atoms with Crippen molar-refractivity contribution < 1.29 is 13.0 Å². The van der Waals surface area contributed by atoms with Gasteiger partial charge in [0.15, 0.2) is 0 Å². The molecule has 0 rings (SSSR count). The van der Waals surface area contributed by atoms with Gasteiger partial charge in [0.05, 0.1) is 0 Å². The fourth-order valence-corrected chi connectivity index (χ4v) is 1.62. The van der Waals surface area contributed by atoms with E-state index in [9.17, 15) is 13.0 Å². The molecule has 4 nitrogen and oxygen atoms in total. The van der Waals surface area contributed by atoms with E-state index in [2.05, 4.69) is 6.92 Å². The van der Waals surface area contributed by atoms with Crippen LogP contribution in [0.4, 0.5) is 0 Å². The predicted molar refractivity (Wildman–Crippen MR) is 46.3 cm³/mol. The lowest BCUT2D eigenvalue weighted by molar-refractivity contribution is 0.389. The van der Waals surface area contributed by atoms with Gasteiger partial charge in [-0.1, -0.05) is 30.7 Å². The van der Waals surface area contributed by atoms with E-state index in [1.54, 1.807) is 6.92 Å². The minimum absolute atomic E-state index is 0.237. The lowest BCUT2D eigenvalue weighted by Gasteiger charge is -2.08. The molecular formula is C7H16NO3S. The first-order valence-electron chi connectivity index (χ1n) is 4.19. The molecule has 1 unspecified atom stereocenters. The van der Waals surface area contributed by atoms with Gasteiger partial charge in [-0.05, 0) is 13.3 Å². The highest BCUT2D eigenvalue weighted by Gasteiger charge is 2.10. The first-order valence-corrected chi connectivity index (χ1v) is 5.59. The summed E-state index contributed by atoms with van der Waals surface area (Å²) in [6, 6.07) is -0.237. The summed E-state index contributed by atoms with van der Waals surface area (Å²) in [7, 11) is -4.26. The Kier molecular flexibility index (Phi) is 5.44. The van der Waals surface area contributed by atoms with Gasteiger partial charge in [0, 0.05) is 6.04 Å². The molecule has 0 spiro atoms. The van der Waals surface area contributed by atoms with Gasteiger partial charge in [-0.15, -0.1) is 0 Å². The summed E-state index contributed by atoms with van der Waals surface area (Å²) in [5.41, 5.74) is 0. The maximum atomic E-state index is 10.2. The third kappa shape index (κ3) is 7.97. The second-order valence-corrected chi connectivity index (χ2v) is 4.11. The Morgan fingerprint density at radius 3 is 2.33 bits per heavy atom. The van der Waals surface area contributed by atoms with Gasteiger partial charge in [-0.2, -0.15) is 13.1 Å². The van der Waals surface area contributed by atoms with E-state index in [4.69, 9.17) is 0 Å². The summed E-state index contributed by atoms with van der Waals surface area (Å²) in [5, 5.41) is 0. The van der Waals surface area contributed by atoms with Crippen molar-refractivity contribution >= 4 is 10.3 Å². The number of unbranched alkanes of at least 4 members (excludes halogenated alkanes) is 2. The van der Waals surface area contributed by atoms with E-state index in [0.29, 0.717) is 0 Å². The van der Waals surface area contributed by atoms with Gasteiger partial charge in [-0.25, -0.2) is 0 Å². The molecule has 0 aromatic carbocycles. The molecule has 5 heteroatoms. The van der Waals surface area contributed by atoms with Crippen molar-refractivity contribution in [2.45, 2.75) is 45.6 Å². The van der Waals surface area contributed by atoms with E-state index >= 15 is 0 Å². The molecule has 12 heavy (non-hydrogen) atoms. The monoisotopic (exact) mass is 194 g/mol. The van der Waals surface area contributed by atoms with Crippen molar-refractivity contribution in [3.05, 3.63) is 0 Å². The Bertz CT molecular complexity index is 201. The van der Waals surface area contributed by atoms with Crippen LogP contribution < -0.4 is 4.72 Å². The van der Waals surface area contributed by atoms with E-state index in [1.165, 1.54) is 0 Å². The number of hydrogen-bond donors (Lipinski definition) is 1. The molecule has 0 aliphatic heterocycles. The fraction of sp³-hybridized carbons (Fsp3) is 1.00. The van der Waals surface area contributed by atoms with Crippen LogP contribution in [0.1, 0.15) is 39.5 Å². The summed E-state index contributed by atoms with van der Waals surface area (Å²) in [6.07, 6.45) is 3.86. The Morgan fingerprint density at radius 1 is 1.33 bits per heavy atom. The fourth-order valence-electron chi connectivity index (χ4n) is 1.01. The van der Waals surface area contributed by atoms with Crippen molar-refractivity contribution in [1.29, 1.82) is 0 Å². The van der Waals surface area contributed by atoms with E-state index in [-0.39, 0.29) is 6.04 Å². The van der Waals surface area contributed by atoms with Crippen LogP contribution in [0.3, 0.4) is 0 Å². The van der Waals surface area contributed by atoms with Crippen LogP contribution in [0.25, 0.3) is 0 Å². The minimum atomic E-state index is -4.26. The molecule has 0 bridgehead atoms. The molecule has 0 saturated heterocycles. The maximum Gasteiger partial charge on any atom is 0.363 e. The average molecular weight is 194 g/mol. The molecule has 1 N–H and O–H groups in total. The molecule has 73 valence electrons. The van der Waals surface area contributed by atoms with Gasteiger partial charge >= 0.3 is 10.3 Å². The largest absolute Gasteiger partial charge is 0.363 e. The summed E-state index contributed by atoms with van der Waals surface area (Å²) >= 11 is 0. The average Bonchev–Trinajstić information content (AvgIpc) is 1.84. The number of rotatable bonds is 6. The summed E-state index contributed by atoms with van der Waals surface area (Å²) in [4.78, 5) is 0. The van der Waals surface area contributed by atoms with Crippen molar-refractivity contribution in [1.82, 2.24) is 4.72 Å². The third-order valence-corrected chi connectivity index (χ3v) is 2.28. The Balaban J connectivity index is 3.53. The quantitative estimate of drug-likeness (QED) is 0.646. The van der Waals surface area contributed by atoms with Crippen LogP contribution in [-0.4, -0.2) is 14.5 Å². The molecule has 0 aromatic heterocycles. The number of nitrogens with one attached hydrogen (secondary N) is 1. The van der Waals surface area contributed by atoms with Gasteiger partial charge in [0.2, 0.25) is 0 Å². The molecule has 1 radical (unpaired) electrons. The normalized spacial score (nSPS) is 14.6. The zero-order chi connectivity index (χ0) is 9.61. The molecule has 1 atom stereocenters. The summed E-state index contributed by atoms with van der Waals surface area (Å²) in [5.74, 6) is 0. The van der Waals surface area contributed by atoms with Crippen molar-refractivity contribution in [3.63, 3.8) is 0 Å². The molecule has 0 aliphatic rings. The van der Waals surface area contributed by atoms with Crippen molar-refractivity contribution in [2.75, 3.05) is 0 Å². The van der Waals surface area contributed by atoms with Gasteiger partial charge < -0.3 is 0 Å². The summed E-state index contributed by atoms with van der Waals surface area (Å²) < 4.78 is 32.6. The zero-order valence-corrected chi connectivity index (χ0v) is 8.36. The van der Waals surface area contributed by atoms with Crippen LogP contribution in [0.5, 0.6) is 0 Å². The molecule has 0 amide bonds. The highest BCUT2D eigenvalue weighted by Crippen LogP contribution is 2.03. The minimum Gasteiger partial charge on any atom is -0.187 e. The first kappa shape index (κ1) is 11.9. The van der Waals surface area contributed by atoms with E-state index in [1.807, 2.05) is 4.72 Å². The second kappa shape index (κ2) is 5.50. The molecule has 0 aliphatic carbocycles. The van der Waals surface area contributed by atoms with Crippen LogP contribution in [0.2, 0.25) is 0 Å². The SMILES string of the molecule is CCCCCC(C)NS([O])(=O)=O. The lowest BCUT2D eigenvalue weighted by atomic mass is 10.1. The van der Waals surface area contributed by atoms with Crippen LogP contribution >= 0.6 is 0 Å². The topological polar surface area (TPSA) is 66.1 Å². The standard InChI is InChI=1S/C7H16NO3S/c1-3-4-5-6-7(2)8-12(9,10)11/h7-8H,3-6H2,1-2H3. The summed E-state index contributed by atoms with van der Waals surface area (Å²) in [6.45, 7) is 3.77. The molecular weight excluding hydrogens is 178 g/mol. The predicted octanol–water partition coefficient (Wildman–Crippen LogP) is 1.22. The Labute approximate surface area is 74.2 Å². The zero-order valence-electron chi connectivity index (χ0n) is 7.54. The van der Waals surface area contributed by atoms with Crippen molar-refractivity contribution in [3.8, 4) is 0 Å². The second-order valence-electron chi connectivity index (χ2n) is 2.97. The molecule has 0 fully saturated rings. The van der Waals surface area contributed by atoms with Crippen LogP contribution in [0.15, 0.2) is 0 Å². The maximum absolute atomic E-state index is 10.2. The van der Waals surface area contributed by atoms with Gasteiger partial charge in [0.25, 0.3) is 0 Å². The Morgan fingerprint density at radius 2 is 1.92 bits per heavy atom. The highest BCUT2D eigenvalue weighted by molar-refractivity contribution is 7.83. The van der Waals surface area contributed by atoms with Crippen LogP contribution in [0, 0.1) is 0 Å². The Hall–Kier alpha value is -0.130. The van der Waals surface area contributed by atoms with Crippen LogP contribution in [-0.2, 0) is 14.9 Å². The first-order chi connectivity index (χ1) is 5.45. The smallest absolute Gasteiger partial charge is 0.187 e. The molecule has 0 heterocycles. The molecule has 0 saturated carbocycles. The third-order valence-electron chi connectivity index (χ3n) is 1.59. The molecule has 0 aromatic rings. The van der Waals surface area contributed by atoms with Gasteiger partial charge in [-0.3, -0.25) is 0 Å². The van der Waals surface area contributed by atoms with E-state index < -0.39 is 10.3 Å².